The fourth-order valence-corrected chi connectivity index (χ4v) is 15.5. The fraction of sp³-hybridized carbons (Fsp3) is 0.263. The van der Waals surface area contributed by atoms with Gasteiger partial charge in [-0.25, -0.2) is 0 Å². The van der Waals surface area contributed by atoms with E-state index in [4.69, 9.17) is 92.8 Å². The maximum absolute atomic E-state index is 12.8. The lowest BCUT2D eigenvalue weighted by Crippen LogP contribution is -2.37. The molecule has 8 aromatic rings. The third-order valence-corrected chi connectivity index (χ3v) is 22.1. The summed E-state index contributed by atoms with van der Waals surface area (Å²) >= 11 is 49.0. The first-order chi connectivity index (χ1) is 49.1. The van der Waals surface area contributed by atoms with Crippen molar-refractivity contribution in [3.8, 4) is 0 Å². The smallest absolute Gasteiger partial charge is 0.261 e. The molecule has 7 aliphatic heterocycles. The Morgan fingerprint density at radius 2 is 0.544 bits per heavy atom. The Balaban J connectivity index is 0.000000122. The van der Waals surface area contributed by atoms with Crippen LogP contribution in [0.5, 0.6) is 0 Å². The van der Waals surface area contributed by atoms with Crippen molar-refractivity contribution in [3.05, 3.63) is 236 Å². The third kappa shape index (κ3) is 14.4. The van der Waals surface area contributed by atoms with E-state index >= 15 is 0 Å². The van der Waals surface area contributed by atoms with E-state index in [0.29, 0.717) is 28.2 Å². The maximum atomic E-state index is 12.8. The molecular weight excluding hydrogens is 1490 g/mol. The molecule has 4 amide bonds. The quantitative estimate of drug-likeness (QED) is 0.0330. The number of amides is 4. The van der Waals surface area contributed by atoms with E-state index in [0.717, 1.165) is 56.3 Å². The molecule has 1 saturated carbocycles. The van der Waals surface area contributed by atoms with Crippen molar-refractivity contribution in [2.45, 2.75) is 86.1 Å². The lowest BCUT2D eigenvalue weighted by molar-refractivity contribution is -0.133. The lowest BCUT2D eigenvalue weighted by atomic mass is 9.88. The zero-order chi connectivity index (χ0) is 73.2. The Hall–Kier alpha value is -8.12. The van der Waals surface area contributed by atoms with E-state index in [2.05, 4.69) is 36.0 Å². The summed E-state index contributed by atoms with van der Waals surface area (Å²) in [5.74, 6) is -3.56. The number of hydrogen-bond acceptors (Lipinski definition) is 15. The monoisotopic (exact) mass is 1550 g/mol. The number of Topliss-reactive ketones (excluding diaryl/α,β-unsaturated/α-hetero) is 4. The SMILES string of the molecule is O=C(CC1(O)C(=O)Nc2c(Cl)ccc(Cl)c21)c1ccc(C2CC2)cc1.O=C(CC1(O)C(=O)Nc2c(Cl)ccc(Cl)c21)c1ccc(N2CC2)cc1.O=C(CC1(O)C(=O)Nc2c(Cl)ccc(Cl)c21)c1ccc(N2CCC2)cc1.O=C(CC1(O)C(=O)Nc2c(Cl)ccc(Cl)c21)c1ccc(N2CCCC2)cc1. The van der Waals surface area contributed by atoms with Crippen LogP contribution in [-0.4, -0.2) is 106 Å². The molecule has 4 fully saturated rings. The Labute approximate surface area is 630 Å². The summed E-state index contributed by atoms with van der Waals surface area (Å²) in [7, 11) is 0. The third-order valence-electron chi connectivity index (χ3n) is 19.5. The van der Waals surface area contributed by atoms with Crippen molar-refractivity contribution in [2.24, 2.45) is 0 Å². The average molecular weight is 1550 g/mol. The maximum Gasteiger partial charge on any atom is 0.261 e. The molecule has 0 spiro atoms. The molecule has 103 heavy (non-hydrogen) atoms. The van der Waals surface area contributed by atoms with E-state index in [-0.39, 0.29) is 108 Å². The standard InChI is InChI=1S/C20H18Cl2N2O3.C19H16Cl2N2O3.C19H15Cl2NO3.C18H14Cl2N2O3/c21-14-7-8-15(22)18-17(14)20(27,19(26)23-18)11-16(25)12-3-5-13(6-4-12)24-9-1-2-10-24;20-13-6-7-14(21)17-16(13)19(26,18(25)22-17)10-15(24)11-2-4-12(5-3-11)23-8-1-9-23;20-13-7-8-14(21)17-16(13)19(25,18(24)22-17)9-15(23)12-5-3-11(4-6-12)10-1-2-10;19-12-5-6-13(20)16-15(12)18(25,17(24)21-16)9-14(23)10-1-3-11(4-2-10)22-7-8-22/h3-8,27H,1-2,9-11H2,(H,23,26);2-7,26H,1,8-10H2,(H,22,25);3-8,10,25H,1-2,9H2,(H,22,24);1-6,25H,7-9H2,(H,21,24). The van der Waals surface area contributed by atoms with Crippen LogP contribution in [0.15, 0.2) is 146 Å². The minimum absolute atomic E-state index is 0.153. The van der Waals surface area contributed by atoms with Gasteiger partial charge in [0.25, 0.3) is 23.6 Å². The van der Waals surface area contributed by atoms with Gasteiger partial charge < -0.3 is 56.4 Å². The summed E-state index contributed by atoms with van der Waals surface area (Å²) in [6.45, 7) is 6.10. The summed E-state index contributed by atoms with van der Waals surface area (Å²) in [6.07, 6.45) is 4.27. The van der Waals surface area contributed by atoms with Crippen molar-refractivity contribution < 1.29 is 58.8 Å². The predicted molar refractivity (Wildman–Crippen MR) is 400 cm³/mol. The van der Waals surface area contributed by atoms with Gasteiger partial charge in [-0.3, -0.25) is 38.4 Å². The first-order valence-corrected chi connectivity index (χ1v) is 36.0. The molecule has 16 rings (SSSR count). The number of nitrogens with one attached hydrogen (secondary N) is 4. The minimum atomic E-state index is -2.04. The van der Waals surface area contributed by atoms with Gasteiger partial charge in [0.15, 0.2) is 45.5 Å². The second-order valence-electron chi connectivity index (χ2n) is 26.3. The normalized spacial score (nSPS) is 21.3. The van der Waals surface area contributed by atoms with Gasteiger partial charge >= 0.3 is 0 Å². The van der Waals surface area contributed by atoms with Crippen LogP contribution in [-0.2, 0) is 41.6 Å². The van der Waals surface area contributed by atoms with Gasteiger partial charge in [-0.15, -0.1) is 0 Å². The molecule has 8 aromatic carbocycles. The van der Waals surface area contributed by atoms with Gasteiger partial charge in [0.2, 0.25) is 0 Å². The number of rotatable bonds is 16. The number of nitrogens with zero attached hydrogens (tertiary/aromatic N) is 3. The van der Waals surface area contributed by atoms with Gasteiger partial charge in [0.05, 0.1) is 68.5 Å². The zero-order valence-electron chi connectivity index (χ0n) is 54.5. The highest BCUT2D eigenvalue weighted by molar-refractivity contribution is 6.41. The van der Waals surface area contributed by atoms with Crippen LogP contribution in [0.4, 0.5) is 39.8 Å². The van der Waals surface area contributed by atoms with Crippen molar-refractivity contribution >= 4 is 179 Å². The summed E-state index contributed by atoms with van der Waals surface area (Å²) in [4.78, 5) is 107. The Morgan fingerprint density at radius 3 is 0.767 bits per heavy atom. The molecule has 19 nitrogen and oxygen atoms in total. The molecule has 3 saturated heterocycles. The first kappa shape index (κ1) is 73.2. The van der Waals surface area contributed by atoms with Gasteiger partial charge in [0, 0.05) is 121 Å². The second-order valence-corrected chi connectivity index (χ2v) is 29.6. The number of halogens is 8. The zero-order valence-corrected chi connectivity index (χ0v) is 60.5. The average Bonchev–Trinajstić information content (AvgIpc) is 1.62. The van der Waals surface area contributed by atoms with Crippen LogP contribution < -0.4 is 36.0 Å². The summed E-state index contributed by atoms with van der Waals surface area (Å²) < 4.78 is 0. The fourth-order valence-electron chi connectivity index (χ4n) is 13.4. The largest absolute Gasteiger partial charge is 0.375 e. The number of carbonyl (C=O) groups is 8. The van der Waals surface area contributed by atoms with E-state index in [1.807, 2.05) is 48.5 Å². The molecule has 530 valence electrons. The summed E-state index contributed by atoms with van der Waals surface area (Å²) in [5, 5.41) is 55.7. The second kappa shape index (κ2) is 29.1. The number of aliphatic hydroxyl groups is 4. The molecule has 0 bridgehead atoms. The molecule has 4 unspecified atom stereocenters. The number of fused-ring (bicyclic) bond motifs is 4. The molecule has 0 radical (unpaired) electrons. The van der Waals surface area contributed by atoms with E-state index in [1.54, 1.807) is 48.5 Å². The summed E-state index contributed by atoms with van der Waals surface area (Å²) in [6, 6.07) is 41.0. The van der Waals surface area contributed by atoms with E-state index < -0.39 is 71.7 Å². The van der Waals surface area contributed by atoms with E-state index in [9.17, 15) is 58.8 Å². The molecule has 4 atom stereocenters. The first-order valence-electron chi connectivity index (χ1n) is 33.0. The van der Waals surface area contributed by atoms with Crippen LogP contribution in [0.25, 0.3) is 0 Å². The van der Waals surface area contributed by atoms with Gasteiger partial charge in [-0.05, 0) is 165 Å². The van der Waals surface area contributed by atoms with Gasteiger partial charge in [0.1, 0.15) is 0 Å². The number of carbonyl (C=O) groups excluding carboxylic acids is 8. The van der Waals surface area contributed by atoms with Gasteiger partial charge in [-0.2, -0.15) is 0 Å². The van der Waals surface area contributed by atoms with E-state index in [1.165, 1.54) is 86.2 Å². The highest BCUT2D eigenvalue weighted by Crippen LogP contribution is 2.51. The van der Waals surface area contributed by atoms with Crippen molar-refractivity contribution in [2.75, 3.05) is 75.2 Å². The number of benzene rings is 8. The molecule has 8 N–H and O–H groups in total. The van der Waals surface area contributed by atoms with Crippen LogP contribution >= 0.6 is 92.8 Å². The van der Waals surface area contributed by atoms with Crippen molar-refractivity contribution in [1.82, 2.24) is 0 Å². The number of ketones is 4. The number of anilines is 7. The Bertz CT molecular complexity index is 4670. The Morgan fingerprint density at radius 1 is 0.320 bits per heavy atom. The topological polar surface area (TPSA) is 275 Å². The van der Waals surface area contributed by atoms with Crippen LogP contribution in [0.3, 0.4) is 0 Å². The molecule has 1 aliphatic carbocycles. The van der Waals surface area contributed by atoms with Crippen LogP contribution in [0, 0.1) is 0 Å². The molecule has 8 aliphatic rings. The lowest BCUT2D eigenvalue weighted by Gasteiger charge is -2.33. The molecule has 7 heterocycles. The van der Waals surface area contributed by atoms with Crippen molar-refractivity contribution in [1.29, 1.82) is 0 Å². The molecule has 27 heteroatoms. The number of hydrogen-bond donors (Lipinski definition) is 8. The van der Waals surface area contributed by atoms with Crippen molar-refractivity contribution in [3.63, 3.8) is 0 Å². The van der Waals surface area contributed by atoms with Crippen LogP contribution in [0.1, 0.15) is 133 Å². The van der Waals surface area contributed by atoms with Crippen LogP contribution in [0.2, 0.25) is 40.2 Å². The van der Waals surface area contributed by atoms with Gasteiger partial charge in [-0.1, -0.05) is 117 Å². The Kier molecular flexibility index (Phi) is 20.7. The summed E-state index contributed by atoms with van der Waals surface area (Å²) in [5.41, 5.74) is -0.325. The highest BCUT2D eigenvalue weighted by Gasteiger charge is 2.53. The molecular formula is C76H63Cl8N7O12. The molecule has 0 aromatic heterocycles. The predicted octanol–water partition coefficient (Wildman–Crippen LogP) is 15.1. The highest BCUT2D eigenvalue weighted by atomic mass is 35.5. The minimum Gasteiger partial charge on any atom is -0.375 e.